The molecule has 6 aromatic carbocycles. The van der Waals surface area contributed by atoms with Gasteiger partial charge in [-0.05, 0) is 33.4 Å². The second-order valence-electron chi connectivity index (χ2n) is 16.8. The molecule has 1 aliphatic rings. The van der Waals surface area contributed by atoms with E-state index < -0.39 is 21.4 Å². The monoisotopic (exact) mass is 855 g/mol. The molecule has 0 aromatic heterocycles. The Morgan fingerprint density at radius 2 is 0.417 bits per heavy atom. The van der Waals surface area contributed by atoms with Crippen LogP contribution in [0.5, 0.6) is 0 Å². The second-order valence-corrected chi connectivity index (χ2v) is 25.9. The zero-order valence-electron chi connectivity index (χ0n) is 34.8. The zero-order chi connectivity index (χ0) is 41.5. The summed E-state index contributed by atoms with van der Waals surface area (Å²) in [5.41, 5.74) is 6.55. The maximum atomic E-state index is 15.4. The Labute approximate surface area is 358 Å². The van der Waals surface area contributed by atoms with Gasteiger partial charge in [0.2, 0.25) is 0 Å². The SMILES string of the molecule is O=P(Cc1ccccc1)(Cc1ccccc1)CN1CCN(CP(=O)(Cc2ccccc2)Cc2ccccc2)CCN(CP(=O)(Cc2ccccc2)Cc2ccccc2)CC1. The molecule has 60 heavy (non-hydrogen) atoms. The van der Waals surface area contributed by atoms with E-state index in [4.69, 9.17) is 0 Å². The first-order valence-electron chi connectivity index (χ1n) is 21.3. The lowest BCUT2D eigenvalue weighted by Crippen LogP contribution is -2.37. The summed E-state index contributed by atoms with van der Waals surface area (Å²) in [6.45, 7) is 4.27. The van der Waals surface area contributed by atoms with Gasteiger partial charge in [0.15, 0.2) is 0 Å². The molecule has 6 aromatic rings. The van der Waals surface area contributed by atoms with Crippen molar-refractivity contribution in [1.82, 2.24) is 14.7 Å². The molecule has 6 nitrogen and oxygen atoms in total. The van der Waals surface area contributed by atoms with E-state index in [9.17, 15) is 0 Å². The predicted octanol–water partition coefficient (Wildman–Crippen LogP) is 12.1. The molecule has 0 atom stereocenters. The van der Waals surface area contributed by atoms with Gasteiger partial charge in [-0.3, -0.25) is 14.7 Å². The fourth-order valence-electron chi connectivity index (χ4n) is 8.67. The van der Waals surface area contributed by atoms with Crippen LogP contribution in [0.25, 0.3) is 0 Å². The van der Waals surface area contributed by atoms with E-state index in [1.807, 2.05) is 109 Å². The lowest BCUT2D eigenvalue weighted by atomic mass is 10.2. The quantitative estimate of drug-likeness (QED) is 0.0803. The maximum Gasteiger partial charge on any atom is 0.109 e. The molecule has 0 unspecified atom stereocenters. The Balaban J connectivity index is 1.19. The normalized spacial score (nSPS) is 15.2. The summed E-state index contributed by atoms with van der Waals surface area (Å²) in [5, 5.41) is 0. The van der Waals surface area contributed by atoms with E-state index in [-0.39, 0.29) is 0 Å². The topological polar surface area (TPSA) is 60.9 Å². The standard InChI is InChI=1S/C51H60N3O3P3/c55-58(37-46-19-7-1-8-20-46,38-47-21-9-2-10-22-47)43-52-31-33-53(44-59(56,39-48-23-11-3-12-24-48)40-49-25-13-4-14-26-49)35-36-54(34-32-52)45-60(57,41-50-27-15-5-16-28-50)42-51-29-17-6-18-30-51/h1-30H,31-45H2. The Kier molecular flexibility index (Phi) is 15.8. The number of benzene rings is 6. The largest absolute Gasteiger partial charge is 0.322 e. The van der Waals surface area contributed by atoms with Crippen LogP contribution in [0.15, 0.2) is 182 Å². The zero-order valence-corrected chi connectivity index (χ0v) is 37.5. The molecule has 0 aliphatic carbocycles. The van der Waals surface area contributed by atoms with Crippen LogP contribution in [-0.4, -0.2) is 72.8 Å². The van der Waals surface area contributed by atoms with Crippen molar-refractivity contribution in [3.05, 3.63) is 215 Å². The Morgan fingerprint density at radius 3 is 0.567 bits per heavy atom. The van der Waals surface area contributed by atoms with Crippen LogP contribution in [0, 0.1) is 0 Å². The van der Waals surface area contributed by atoms with E-state index in [0.29, 0.717) is 95.1 Å². The summed E-state index contributed by atoms with van der Waals surface area (Å²) in [5.74, 6) is 0. The lowest BCUT2D eigenvalue weighted by molar-refractivity contribution is 0.256. The van der Waals surface area contributed by atoms with Crippen molar-refractivity contribution in [2.75, 3.05) is 58.1 Å². The van der Waals surface area contributed by atoms with E-state index in [2.05, 4.69) is 87.5 Å². The van der Waals surface area contributed by atoms with Crippen molar-refractivity contribution in [3.63, 3.8) is 0 Å². The summed E-state index contributed by atoms with van der Waals surface area (Å²) in [6, 6.07) is 61.6. The molecule has 0 spiro atoms. The first-order chi connectivity index (χ1) is 29.2. The lowest BCUT2D eigenvalue weighted by Gasteiger charge is -2.31. The molecule has 1 heterocycles. The average molecular weight is 856 g/mol. The highest BCUT2D eigenvalue weighted by Crippen LogP contribution is 2.55. The fourth-order valence-corrected chi connectivity index (χ4v) is 17.9. The van der Waals surface area contributed by atoms with Crippen LogP contribution >= 0.6 is 21.4 Å². The molecule has 1 saturated heterocycles. The fraction of sp³-hybridized carbons (Fsp3) is 0.294. The minimum Gasteiger partial charge on any atom is -0.322 e. The molecule has 1 fully saturated rings. The molecule has 0 amide bonds. The van der Waals surface area contributed by atoms with Gasteiger partial charge >= 0.3 is 0 Å². The molecule has 1 aliphatic heterocycles. The van der Waals surface area contributed by atoms with E-state index in [1.54, 1.807) is 0 Å². The van der Waals surface area contributed by atoms with Gasteiger partial charge in [0.1, 0.15) is 21.4 Å². The molecule has 7 rings (SSSR count). The minimum atomic E-state index is -2.80. The Morgan fingerprint density at radius 1 is 0.267 bits per heavy atom. The molecule has 9 heteroatoms. The third-order valence-electron chi connectivity index (χ3n) is 11.5. The van der Waals surface area contributed by atoms with E-state index >= 15 is 13.7 Å². The molecular weight excluding hydrogens is 796 g/mol. The third-order valence-corrected chi connectivity index (χ3v) is 19.8. The van der Waals surface area contributed by atoms with Gasteiger partial charge in [-0.1, -0.05) is 182 Å². The minimum absolute atomic E-state index is 0.482. The highest BCUT2D eigenvalue weighted by Gasteiger charge is 2.33. The summed E-state index contributed by atoms with van der Waals surface area (Å²) in [4.78, 5) is 7.20. The molecule has 0 radical (unpaired) electrons. The van der Waals surface area contributed by atoms with Crippen molar-refractivity contribution in [3.8, 4) is 0 Å². The predicted molar refractivity (Wildman–Crippen MR) is 253 cm³/mol. The highest BCUT2D eigenvalue weighted by molar-refractivity contribution is 7.62. The van der Waals surface area contributed by atoms with Crippen LogP contribution in [0.4, 0.5) is 0 Å². The number of hydrogen-bond acceptors (Lipinski definition) is 6. The van der Waals surface area contributed by atoms with Gasteiger partial charge in [-0.25, -0.2) is 0 Å². The van der Waals surface area contributed by atoms with Crippen LogP contribution in [0.2, 0.25) is 0 Å². The summed E-state index contributed by atoms with van der Waals surface area (Å²) >= 11 is 0. The van der Waals surface area contributed by atoms with Crippen molar-refractivity contribution < 1.29 is 13.7 Å². The van der Waals surface area contributed by atoms with Crippen molar-refractivity contribution >= 4 is 21.4 Å². The van der Waals surface area contributed by atoms with Crippen molar-refractivity contribution in [2.24, 2.45) is 0 Å². The smallest absolute Gasteiger partial charge is 0.109 e. The molecule has 0 bridgehead atoms. The Bertz CT molecular complexity index is 1910. The first kappa shape index (κ1) is 44.0. The average Bonchev–Trinajstić information content (AvgIpc) is 3.33. The van der Waals surface area contributed by atoms with Gasteiger partial charge in [-0.2, -0.15) is 0 Å². The van der Waals surface area contributed by atoms with Crippen molar-refractivity contribution in [2.45, 2.75) is 37.0 Å². The molecule has 0 N–H and O–H groups in total. The van der Waals surface area contributed by atoms with Gasteiger partial charge in [0.05, 0.1) is 18.9 Å². The molecule has 312 valence electrons. The van der Waals surface area contributed by atoms with Gasteiger partial charge < -0.3 is 13.7 Å². The van der Waals surface area contributed by atoms with Crippen molar-refractivity contribution in [1.29, 1.82) is 0 Å². The van der Waals surface area contributed by atoms with E-state index in [0.717, 1.165) is 33.4 Å². The van der Waals surface area contributed by atoms with Crippen LogP contribution in [-0.2, 0) is 50.7 Å². The second kappa shape index (κ2) is 21.6. The first-order valence-corrected chi connectivity index (χ1v) is 28.1. The van der Waals surface area contributed by atoms with Crippen LogP contribution in [0.3, 0.4) is 0 Å². The van der Waals surface area contributed by atoms with Crippen LogP contribution < -0.4 is 0 Å². The highest BCUT2D eigenvalue weighted by atomic mass is 31.2. The third kappa shape index (κ3) is 14.0. The number of nitrogens with zero attached hydrogens (tertiary/aromatic N) is 3. The number of hydrogen-bond donors (Lipinski definition) is 0. The van der Waals surface area contributed by atoms with Gasteiger partial charge in [-0.15, -0.1) is 0 Å². The van der Waals surface area contributed by atoms with Crippen LogP contribution in [0.1, 0.15) is 33.4 Å². The van der Waals surface area contributed by atoms with Gasteiger partial charge in [0.25, 0.3) is 0 Å². The summed E-state index contributed by atoms with van der Waals surface area (Å²) in [6.07, 6.45) is 4.61. The molecule has 0 saturated carbocycles. The Hall–Kier alpha value is -4.11. The molecular formula is C51H60N3O3P3. The van der Waals surface area contributed by atoms with E-state index in [1.165, 1.54) is 0 Å². The maximum absolute atomic E-state index is 15.4. The summed E-state index contributed by atoms with van der Waals surface area (Å²) < 4.78 is 46.1. The number of rotatable bonds is 18. The summed E-state index contributed by atoms with van der Waals surface area (Å²) in [7, 11) is -8.41. The van der Waals surface area contributed by atoms with Gasteiger partial charge in [0, 0.05) is 76.2 Å².